The minimum atomic E-state index is 0.560. The van der Waals surface area contributed by atoms with Gasteiger partial charge in [0.05, 0.1) is 18.2 Å². The molecule has 1 aromatic rings. The smallest absolute Gasteiger partial charge is 0.142 e. The van der Waals surface area contributed by atoms with E-state index in [9.17, 15) is 0 Å². The van der Waals surface area contributed by atoms with E-state index in [-0.39, 0.29) is 0 Å². The fraction of sp³-hybridized carbons (Fsp3) is 0.571. The van der Waals surface area contributed by atoms with E-state index in [0.717, 1.165) is 44.2 Å². The molecule has 2 rings (SSSR count). The molecule has 1 aliphatic heterocycles. The molecule has 0 amide bonds. The third-order valence-corrected chi connectivity index (χ3v) is 3.71. The number of nitrogens with zero attached hydrogens (tertiary/aromatic N) is 1. The van der Waals surface area contributed by atoms with E-state index in [1.54, 1.807) is 6.07 Å². The van der Waals surface area contributed by atoms with Gasteiger partial charge in [0.2, 0.25) is 0 Å². The molecular weight excluding hydrogens is 299 g/mol. The van der Waals surface area contributed by atoms with Crippen LogP contribution in [0.1, 0.15) is 5.56 Å². The van der Waals surface area contributed by atoms with E-state index in [2.05, 4.69) is 10.2 Å². The van der Waals surface area contributed by atoms with Crippen LogP contribution in [0.4, 0.5) is 0 Å². The molecule has 1 N–H and O–H groups in total. The van der Waals surface area contributed by atoms with Crippen molar-refractivity contribution in [1.82, 2.24) is 10.2 Å². The summed E-state index contributed by atoms with van der Waals surface area (Å²) < 4.78 is 11.2. The minimum Gasteiger partial charge on any atom is -0.490 e. The molecule has 1 aromatic carbocycles. The van der Waals surface area contributed by atoms with E-state index in [1.807, 2.05) is 13.1 Å². The van der Waals surface area contributed by atoms with Gasteiger partial charge in [0.25, 0.3) is 0 Å². The minimum absolute atomic E-state index is 0.560. The van der Waals surface area contributed by atoms with Crippen molar-refractivity contribution in [2.75, 3.05) is 46.5 Å². The monoisotopic (exact) mass is 318 g/mol. The Balaban J connectivity index is 1.93. The Kier molecular flexibility index (Phi) is 6.39. The first kappa shape index (κ1) is 15.9. The lowest BCUT2D eigenvalue weighted by Gasteiger charge is -2.26. The van der Waals surface area contributed by atoms with Crippen molar-refractivity contribution in [3.63, 3.8) is 0 Å². The van der Waals surface area contributed by atoms with Crippen LogP contribution in [0.5, 0.6) is 5.75 Å². The van der Waals surface area contributed by atoms with Crippen LogP contribution in [0.3, 0.4) is 0 Å². The first-order valence-corrected chi connectivity index (χ1v) is 7.51. The molecular formula is C14H20Cl2N2O2. The highest BCUT2D eigenvalue weighted by molar-refractivity contribution is 6.35. The highest BCUT2D eigenvalue weighted by Gasteiger charge is 2.13. The summed E-state index contributed by atoms with van der Waals surface area (Å²) in [7, 11) is 1.88. The van der Waals surface area contributed by atoms with Crippen molar-refractivity contribution in [2.45, 2.75) is 6.54 Å². The fourth-order valence-electron chi connectivity index (χ4n) is 2.20. The third-order valence-electron chi connectivity index (χ3n) is 3.21. The van der Waals surface area contributed by atoms with Crippen LogP contribution in [-0.4, -0.2) is 51.4 Å². The zero-order chi connectivity index (χ0) is 14.4. The number of hydrogen-bond acceptors (Lipinski definition) is 4. The molecule has 112 valence electrons. The Morgan fingerprint density at radius 2 is 2.05 bits per heavy atom. The standard InChI is InChI=1S/C14H20Cl2N2O2/c1-17-10-11-8-12(15)9-13(16)14(11)20-7-4-18-2-5-19-6-3-18/h8-9,17H,2-7,10H2,1H3. The van der Waals surface area contributed by atoms with Crippen molar-refractivity contribution in [1.29, 1.82) is 0 Å². The molecule has 0 bridgehead atoms. The summed E-state index contributed by atoms with van der Waals surface area (Å²) in [6.45, 7) is 5.67. The summed E-state index contributed by atoms with van der Waals surface area (Å²) in [5, 5.41) is 4.28. The lowest BCUT2D eigenvalue weighted by atomic mass is 10.2. The van der Waals surface area contributed by atoms with Gasteiger partial charge in [-0.3, -0.25) is 4.90 Å². The molecule has 20 heavy (non-hydrogen) atoms. The maximum Gasteiger partial charge on any atom is 0.142 e. The average Bonchev–Trinajstić information content (AvgIpc) is 2.43. The van der Waals surface area contributed by atoms with Gasteiger partial charge < -0.3 is 14.8 Å². The van der Waals surface area contributed by atoms with Crippen molar-refractivity contribution >= 4 is 23.2 Å². The zero-order valence-corrected chi connectivity index (χ0v) is 13.1. The summed E-state index contributed by atoms with van der Waals surface area (Å²) >= 11 is 12.2. The van der Waals surface area contributed by atoms with Gasteiger partial charge in [0, 0.05) is 36.8 Å². The van der Waals surface area contributed by atoms with Crippen molar-refractivity contribution < 1.29 is 9.47 Å². The highest BCUT2D eigenvalue weighted by Crippen LogP contribution is 2.32. The highest BCUT2D eigenvalue weighted by atomic mass is 35.5. The molecule has 6 heteroatoms. The summed E-state index contributed by atoms with van der Waals surface area (Å²) in [4.78, 5) is 2.32. The zero-order valence-electron chi connectivity index (χ0n) is 11.6. The number of nitrogens with one attached hydrogen (secondary N) is 1. The summed E-state index contributed by atoms with van der Waals surface area (Å²) in [6, 6.07) is 3.60. The van der Waals surface area contributed by atoms with E-state index < -0.39 is 0 Å². The van der Waals surface area contributed by atoms with Crippen molar-refractivity contribution in [3.05, 3.63) is 27.7 Å². The second-order valence-corrected chi connectivity index (χ2v) is 5.55. The van der Waals surface area contributed by atoms with Gasteiger partial charge >= 0.3 is 0 Å². The fourth-order valence-corrected chi connectivity index (χ4v) is 2.79. The SMILES string of the molecule is CNCc1cc(Cl)cc(Cl)c1OCCN1CCOCC1. The van der Waals surface area contributed by atoms with Crippen LogP contribution in [0.25, 0.3) is 0 Å². The van der Waals surface area contributed by atoms with Gasteiger partial charge in [-0.15, -0.1) is 0 Å². The molecule has 0 saturated carbocycles. The molecule has 0 aromatic heterocycles. The Bertz CT molecular complexity index is 437. The molecule has 4 nitrogen and oxygen atoms in total. The van der Waals surface area contributed by atoms with E-state index in [4.69, 9.17) is 32.7 Å². The van der Waals surface area contributed by atoms with Gasteiger partial charge in [-0.1, -0.05) is 23.2 Å². The van der Waals surface area contributed by atoms with Gasteiger partial charge in [-0.2, -0.15) is 0 Å². The van der Waals surface area contributed by atoms with Gasteiger partial charge in [0.15, 0.2) is 0 Å². The predicted molar refractivity (Wildman–Crippen MR) is 82.0 cm³/mol. The summed E-state index contributed by atoms with van der Waals surface area (Å²) in [5.74, 6) is 0.721. The summed E-state index contributed by atoms with van der Waals surface area (Å²) in [6.07, 6.45) is 0. The van der Waals surface area contributed by atoms with Crippen LogP contribution in [-0.2, 0) is 11.3 Å². The largest absolute Gasteiger partial charge is 0.490 e. The first-order valence-electron chi connectivity index (χ1n) is 6.76. The van der Waals surface area contributed by atoms with E-state index in [1.165, 1.54) is 0 Å². The number of hydrogen-bond donors (Lipinski definition) is 1. The van der Waals surface area contributed by atoms with E-state index in [0.29, 0.717) is 23.2 Å². The van der Waals surface area contributed by atoms with E-state index >= 15 is 0 Å². The van der Waals surface area contributed by atoms with Crippen LogP contribution in [0, 0.1) is 0 Å². The second-order valence-electron chi connectivity index (χ2n) is 4.71. The topological polar surface area (TPSA) is 33.7 Å². The molecule has 0 unspecified atom stereocenters. The average molecular weight is 319 g/mol. The number of benzene rings is 1. The van der Waals surface area contributed by atoms with Gasteiger partial charge in [-0.25, -0.2) is 0 Å². The first-order chi connectivity index (χ1) is 9.70. The lowest BCUT2D eigenvalue weighted by Crippen LogP contribution is -2.38. The summed E-state index contributed by atoms with van der Waals surface area (Å²) in [5.41, 5.74) is 0.979. The molecule has 1 heterocycles. The lowest BCUT2D eigenvalue weighted by molar-refractivity contribution is 0.0322. The van der Waals surface area contributed by atoms with Gasteiger partial charge in [0.1, 0.15) is 12.4 Å². The Labute approximate surface area is 129 Å². The number of halogens is 2. The second kappa shape index (κ2) is 8.05. The van der Waals surface area contributed by atoms with Crippen LogP contribution >= 0.6 is 23.2 Å². The quantitative estimate of drug-likeness (QED) is 0.873. The molecule has 1 fully saturated rings. The van der Waals surface area contributed by atoms with Gasteiger partial charge in [-0.05, 0) is 19.2 Å². The number of rotatable bonds is 6. The maximum atomic E-state index is 6.22. The number of ether oxygens (including phenoxy) is 2. The van der Waals surface area contributed by atoms with Crippen LogP contribution in [0.15, 0.2) is 12.1 Å². The Morgan fingerprint density at radius 1 is 1.30 bits per heavy atom. The third kappa shape index (κ3) is 4.50. The van der Waals surface area contributed by atoms with Crippen LogP contribution in [0.2, 0.25) is 10.0 Å². The molecule has 0 atom stereocenters. The molecule has 0 aliphatic carbocycles. The molecule has 1 aliphatic rings. The van der Waals surface area contributed by atoms with Crippen LogP contribution < -0.4 is 10.1 Å². The molecule has 0 spiro atoms. The molecule has 0 radical (unpaired) electrons. The maximum absolute atomic E-state index is 6.22. The number of morpholine rings is 1. The Hall–Kier alpha value is -0.520. The van der Waals surface area contributed by atoms with Crippen molar-refractivity contribution in [2.24, 2.45) is 0 Å². The van der Waals surface area contributed by atoms with Crippen molar-refractivity contribution in [3.8, 4) is 5.75 Å². The Morgan fingerprint density at radius 3 is 2.75 bits per heavy atom. The predicted octanol–water partition coefficient (Wildman–Crippen LogP) is 2.42. The normalized spacial score (nSPS) is 16.4. The molecule has 1 saturated heterocycles.